The molecule has 0 spiro atoms. The van der Waals surface area contributed by atoms with E-state index >= 15 is 0 Å². The summed E-state index contributed by atoms with van der Waals surface area (Å²) in [5.74, 6) is 1.43. The molecule has 0 bridgehead atoms. The molecule has 0 aliphatic carbocycles. The van der Waals surface area contributed by atoms with Crippen molar-refractivity contribution in [2.45, 2.75) is 39.3 Å². The van der Waals surface area contributed by atoms with Gasteiger partial charge in [0.05, 0.1) is 18.3 Å². The number of carbonyl (C=O) groups is 1. The van der Waals surface area contributed by atoms with Gasteiger partial charge in [-0.05, 0) is 26.7 Å². The Bertz CT molecular complexity index is 929. The lowest BCUT2D eigenvalue weighted by Gasteiger charge is -2.22. The highest BCUT2D eigenvalue weighted by atomic mass is 16.5. The molecular weight excluding hydrogens is 344 g/mol. The van der Waals surface area contributed by atoms with Gasteiger partial charge in [-0.3, -0.25) is 0 Å². The molecule has 1 aliphatic rings. The Morgan fingerprint density at radius 3 is 2.74 bits per heavy atom. The number of carbonyl (C=O) groups excluding carboxylic acids is 1. The van der Waals surface area contributed by atoms with Gasteiger partial charge in [-0.25, -0.2) is 4.79 Å². The highest BCUT2D eigenvalue weighted by Gasteiger charge is 2.32. The van der Waals surface area contributed by atoms with E-state index < -0.39 is 0 Å². The minimum atomic E-state index is -0.133. The van der Waals surface area contributed by atoms with Gasteiger partial charge < -0.3 is 19.3 Å². The first kappa shape index (κ1) is 17.3. The van der Waals surface area contributed by atoms with Crippen LogP contribution in [0.15, 0.2) is 45.4 Å². The van der Waals surface area contributed by atoms with Gasteiger partial charge in [-0.15, -0.1) is 0 Å². The quantitative estimate of drug-likeness (QED) is 0.755. The molecule has 1 saturated heterocycles. The van der Waals surface area contributed by atoms with E-state index in [1.165, 1.54) is 5.56 Å². The second kappa shape index (κ2) is 7.26. The molecule has 4 rings (SSSR count). The lowest BCUT2D eigenvalue weighted by Crippen LogP contribution is -2.39. The first-order chi connectivity index (χ1) is 13.1. The summed E-state index contributed by atoms with van der Waals surface area (Å²) in [6.07, 6.45) is 1.82. The third-order valence-corrected chi connectivity index (χ3v) is 4.80. The smallest absolute Gasteiger partial charge is 0.318 e. The van der Waals surface area contributed by atoms with Gasteiger partial charge in [0.15, 0.2) is 11.5 Å². The van der Waals surface area contributed by atoms with Crippen LogP contribution in [0.3, 0.4) is 0 Å². The van der Waals surface area contributed by atoms with Gasteiger partial charge in [0.1, 0.15) is 5.69 Å². The highest BCUT2D eigenvalue weighted by Crippen LogP contribution is 2.32. The van der Waals surface area contributed by atoms with Gasteiger partial charge in [-0.2, -0.15) is 0 Å². The summed E-state index contributed by atoms with van der Waals surface area (Å²) in [6, 6.07) is 11.6. The number of hydrogen-bond donors (Lipinski definition) is 1. The molecule has 1 aromatic carbocycles. The molecule has 2 amide bonds. The number of urea groups is 1. The first-order valence-corrected chi connectivity index (χ1v) is 9.10. The molecule has 3 heterocycles. The topological polar surface area (TPSA) is 84.4 Å². The minimum Gasteiger partial charge on any atom is -0.359 e. The van der Waals surface area contributed by atoms with E-state index in [1.807, 2.05) is 50.2 Å². The SMILES string of the molecule is Cc1ccc(-c2cc(CNC(=O)N3CCC[C@H]3c3cc(C)no3)no2)cc1. The minimum absolute atomic E-state index is 0.0633. The normalized spacial score (nSPS) is 16.7. The van der Waals surface area contributed by atoms with E-state index in [0.717, 1.165) is 29.9 Å². The number of aromatic nitrogens is 2. The predicted molar refractivity (Wildman–Crippen MR) is 98.8 cm³/mol. The molecule has 140 valence electrons. The van der Waals surface area contributed by atoms with Crippen molar-refractivity contribution in [1.82, 2.24) is 20.5 Å². The molecular formula is C20H22N4O3. The summed E-state index contributed by atoms with van der Waals surface area (Å²) < 4.78 is 10.8. The number of rotatable bonds is 4. The molecule has 1 N–H and O–H groups in total. The van der Waals surface area contributed by atoms with Crippen LogP contribution in [0.1, 0.15) is 41.6 Å². The third kappa shape index (κ3) is 3.72. The van der Waals surface area contributed by atoms with Crippen LogP contribution in [0, 0.1) is 13.8 Å². The molecule has 2 aromatic heterocycles. The molecule has 7 nitrogen and oxygen atoms in total. The predicted octanol–water partition coefficient (Wildman–Crippen LogP) is 3.99. The Labute approximate surface area is 157 Å². The maximum absolute atomic E-state index is 12.6. The van der Waals surface area contributed by atoms with Crippen molar-refractivity contribution < 1.29 is 13.8 Å². The van der Waals surface area contributed by atoms with Crippen molar-refractivity contribution in [2.75, 3.05) is 6.54 Å². The Balaban J connectivity index is 1.38. The first-order valence-electron chi connectivity index (χ1n) is 9.10. The van der Waals surface area contributed by atoms with Crippen molar-refractivity contribution in [3.8, 4) is 11.3 Å². The fraction of sp³-hybridized carbons (Fsp3) is 0.350. The van der Waals surface area contributed by atoms with Crippen LogP contribution in [0.4, 0.5) is 4.79 Å². The second-order valence-electron chi connectivity index (χ2n) is 6.93. The summed E-state index contributed by atoms with van der Waals surface area (Å²) in [7, 11) is 0. The van der Waals surface area contributed by atoms with Gasteiger partial charge in [0.2, 0.25) is 0 Å². The van der Waals surface area contributed by atoms with Crippen molar-refractivity contribution in [1.29, 1.82) is 0 Å². The fourth-order valence-corrected chi connectivity index (χ4v) is 3.36. The summed E-state index contributed by atoms with van der Waals surface area (Å²) in [5.41, 5.74) is 3.66. The average molecular weight is 366 g/mol. The Morgan fingerprint density at radius 1 is 1.19 bits per heavy atom. The molecule has 3 aromatic rings. The molecule has 1 fully saturated rings. The number of nitrogens with one attached hydrogen (secondary N) is 1. The van der Waals surface area contributed by atoms with Crippen LogP contribution in [-0.4, -0.2) is 27.8 Å². The fourth-order valence-electron chi connectivity index (χ4n) is 3.36. The number of amides is 2. The van der Waals surface area contributed by atoms with E-state index in [9.17, 15) is 4.79 Å². The van der Waals surface area contributed by atoms with E-state index in [2.05, 4.69) is 15.6 Å². The summed E-state index contributed by atoms with van der Waals surface area (Å²) >= 11 is 0. The molecule has 1 atom stereocenters. The number of likely N-dealkylation sites (tertiary alicyclic amines) is 1. The zero-order valence-electron chi connectivity index (χ0n) is 15.4. The zero-order chi connectivity index (χ0) is 18.8. The lowest BCUT2D eigenvalue weighted by atomic mass is 10.1. The van der Waals surface area contributed by atoms with Gasteiger partial charge in [-0.1, -0.05) is 40.1 Å². The number of hydrogen-bond acceptors (Lipinski definition) is 5. The highest BCUT2D eigenvalue weighted by molar-refractivity contribution is 5.75. The second-order valence-corrected chi connectivity index (χ2v) is 6.93. The van der Waals surface area contributed by atoms with Gasteiger partial charge in [0, 0.05) is 24.2 Å². The van der Waals surface area contributed by atoms with Gasteiger partial charge in [0.25, 0.3) is 0 Å². The number of aryl methyl sites for hydroxylation is 2. The summed E-state index contributed by atoms with van der Waals surface area (Å²) in [4.78, 5) is 14.4. The molecule has 7 heteroatoms. The third-order valence-electron chi connectivity index (χ3n) is 4.80. The van der Waals surface area contributed by atoms with E-state index in [4.69, 9.17) is 9.05 Å². The zero-order valence-corrected chi connectivity index (χ0v) is 15.4. The van der Waals surface area contributed by atoms with Crippen LogP contribution < -0.4 is 5.32 Å². The molecule has 0 saturated carbocycles. The van der Waals surface area contributed by atoms with Crippen molar-refractivity contribution in [3.05, 3.63) is 59.1 Å². The Morgan fingerprint density at radius 2 is 2.00 bits per heavy atom. The standard InChI is InChI=1S/C20H22N4O3/c1-13-5-7-15(8-6-13)18-11-16(23-26-18)12-21-20(25)24-9-3-4-17(24)19-10-14(2)22-27-19/h5-8,10-11,17H,3-4,9,12H2,1-2H3,(H,21,25)/t17-/m0/s1. The van der Waals surface area contributed by atoms with Crippen molar-refractivity contribution in [3.63, 3.8) is 0 Å². The van der Waals surface area contributed by atoms with E-state index in [-0.39, 0.29) is 12.1 Å². The number of nitrogens with zero attached hydrogens (tertiary/aromatic N) is 3. The molecule has 1 aliphatic heterocycles. The van der Waals surface area contributed by atoms with Crippen molar-refractivity contribution >= 4 is 6.03 Å². The van der Waals surface area contributed by atoms with E-state index in [0.29, 0.717) is 24.5 Å². The van der Waals surface area contributed by atoms with E-state index in [1.54, 1.807) is 4.90 Å². The van der Waals surface area contributed by atoms with Crippen LogP contribution in [-0.2, 0) is 6.54 Å². The van der Waals surface area contributed by atoms with Gasteiger partial charge >= 0.3 is 6.03 Å². The summed E-state index contributed by atoms with van der Waals surface area (Å²) in [5, 5.41) is 10.9. The Kier molecular flexibility index (Phi) is 4.66. The molecule has 27 heavy (non-hydrogen) atoms. The maximum Gasteiger partial charge on any atom is 0.318 e. The van der Waals surface area contributed by atoms with Crippen LogP contribution >= 0.6 is 0 Å². The van der Waals surface area contributed by atoms with Crippen LogP contribution in [0.2, 0.25) is 0 Å². The van der Waals surface area contributed by atoms with Crippen LogP contribution in [0.25, 0.3) is 11.3 Å². The summed E-state index contributed by atoms with van der Waals surface area (Å²) in [6.45, 7) is 4.93. The van der Waals surface area contributed by atoms with Crippen LogP contribution in [0.5, 0.6) is 0 Å². The molecule has 0 radical (unpaired) electrons. The largest absolute Gasteiger partial charge is 0.359 e. The maximum atomic E-state index is 12.6. The average Bonchev–Trinajstić information content (AvgIpc) is 3.40. The lowest BCUT2D eigenvalue weighted by molar-refractivity contribution is 0.181. The Hall–Kier alpha value is -3.09. The molecule has 0 unspecified atom stereocenters. The van der Waals surface area contributed by atoms with Crippen molar-refractivity contribution in [2.24, 2.45) is 0 Å². The monoisotopic (exact) mass is 366 g/mol. The number of benzene rings is 1.